The molecule has 20 heavy (non-hydrogen) atoms. The van der Waals surface area contributed by atoms with Crippen LogP contribution in [0.5, 0.6) is 5.75 Å². The van der Waals surface area contributed by atoms with Crippen molar-refractivity contribution in [3.05, 3.63) is 29.8 Å². The van der Waals surface area contributed by atoms with E-state index >= 15 is 0 Å². The van der Waals surface area contributed by atoms with Gasteiger partial charge in [0.15, 0.2) is 0 Å². The van der Waals surface area contributed by atoms with Crippen molar-refractivity contribution >= 4 is 11.8 Å². The number of carboxylic acid groups (broad SMARTS) is 1. The number of nitrogens with one attached hydrogen (secondary N) is 1. The molecule has 1 aromatic carbocycles. The lowest BCUT2D eigenvalue weighted by molar-refractivity contribution is -0.143. The molecule has 5 heteroatoms. The van der Waals surface area contributed by atoms with Gasteiger partial charge in [-0.1, -0.05) is 12.1 Å². The highest BCUT2D eigenvalue weighted by molar-refractivity contribution is 6.00. The molecule has 3 unspecified atom stereocenters. The van der Waals surface area contributed by atoms with Gasteiger partial charge < -0.3 is 15.2 Å². The van der Waals surface area contributed by atoms with E-state index in [0.717, 1.165) is 23.6 Å². The molecule has 1 fully saturated rings. The van der Waals surface area contributed by atoms with Crippen LogP contribution >= 0.6 is 0 Å². The zero-order valence-electron chi connectivity index (χ0n) is 11.4. The first-order valence-corrected chi connectivity index (χ1v) is 6.89. The first kappa shape index (κ1) is 13.0. The molecule has 0 spiro atoms. The van der Waals surface area contributed by atoms with Crippen LogP contribution in [0.3, 0.4) is 0 Å². The van der Waals surface area contributed by atoms with Crippen molar-refractivity contribution < 1.29 is 14.6 Å². The van der Waals surface area contributed by atoms with Crippen molar-refractivity contribution in [1.82, 2.24) is 5.32 Å². The second kappa shape index (κ2) is 5.15. The Bertz CT molecular complexity index is 556. The number of hydrogen-bond acceptors (Lipinski definition) is 4. The Morgan fingerprint density at radius 2 is 2.30 bits per heavy atom. The molecule has 106 valence electrons. The molecule has 1 heterocycles. The maximum Gasteiger partial charge on any atom is 0.306 e. The number of aliphatic imine (C=N–C) groups is 1. The van der Waals surface area contributed by atoms with E-state index in [1.54, 1.807) is 7.11 Å². The highest BCUT2D eigenvalue weighted by Gasteiger charge is 2.37. The molecule has 1 saturated carbocycles. The summed E-state index contributed by atoms with van der Waals surface area (Å²) in [6.07, 6.45) is 2.20. The summed E-state index contributed by atoms with van der Waals surface area (Å²) in [7, 11) is 1.64. The average Bonchev–Trinajstić information content (AvgIpc) is 2.90. The summed E-state index contributed by atoms with van der Waals surface area (Å²) in [4.78, 5) is 15.8. The molecule has 0 saturated heterocycles. The van der Waals surface area contributed by atoms with Crippen LogP contribution in [0.2, 0.25) is 0 Å². The van der Waals surface area contributed by atoms with Crippen LogP contribution in [0, 0.1) is 5.92 Å². The molecule has 5 nitrogen and oxygen atoms in total. The Labute approximate surface area is 117 Å². The first-order chi connectivity index (χ1) is 9.67. The Hall–Kier alpha value is -2.04. The summed E-state index contributed by atoms with van der Waals surface area (Å²) in [5, 5.41) is 12.5. The molecule has 0 radical (unpaired) electrons. The van der Waals surface area contributed by atoms with E-state index in [9.17, 15) is 4.79 Å². The van der Waals surface area contributed by atoms with Gasteiger partial charge in [0.2, 0.25) is 0 Å². The minimum absolute atomic E-state index is 0.144. The minimum atomic E-state index is -0.694. The quantitative estimate of drug-likeness (QED) is 0.879. The number of aliphatic carboxylic acids is 1. The van der Waals surface area contributed by atoms with Crippen LogP contribution in [0.25, 0.3) is 0 Å². The lowest BCUT2D eigenvalue weighted by Crippen LogP contribution is -2.41. The fourth-order valence-electron chi connectivity index (χ4n) is 3.00. The van der Waals surface area contributed by atoms with Crippen LogP contribution in [-0.4, -0.2) is 36.1 Å². The summed E-state index contributed by atoms with van der Waals surface area (Å²) in [5.41, 5.74) is 0.991. The van der Waals surface area contributed by atoms with E-state index < -0.39 is 5.97 Å². The van der Waals surface area contributed by atoms with Crippen molar-refractivity contribution in [3.8, 4) is 5.75 Å². The highest BCUT2D eigenvalue weighted by Crippen LogP contribution is 2.30. The summed E-state index contributed by atoms with van der Waals surface area (Å²) < 4.78 is 5.22. The van der Waals surface area contributed by atoms with Crippen LogP contribution in [-0.2, 0) is 4.79 Å². The van der Waals surface area contributed by atoms with Crippen molar-refractivity contribution in [2.45, 2.75) is 31.3 Å². The van der Waals surface area contributed by atoms with Gasteiger partial charge in [0, 0.05) is 5.56 Å². The smallest absolute Gasteiger partial charge is 0.306 e. The second-order valence-electron chi connectivity index (χ2n) is 5.38. The Balaban J connectivity index is 1.76. The maximum absolute atomic E-state index is 11.1. The van der Waals surface area contributed by atoms with Crippen LogP contribution in [0.1, 0.15) is 24.8 Å². The zero-order chi connectivity index (χ0) is 14.1. The zero-order valence-corrected chi connectivity index (χ0v) is 11.4. The fraction of sp³-hybridized carbons (Fsp3) is 0.467. The van der Waals surface area contributed by atoms with E-state index in [2.05, 4.69) is 5.32 Å². The van der Waals surface area contributed by atoms with Crippen LogP contribution in [0.15, 0.2) is 29.3 Å². The Kier molecular flexibility index (Phi) is 3.34. The number of hydrogen-bond donors (Lipinski definition) is 2. The number of methoxy groups -OCH3 is 1. The number of nitrogens with zero attached hydrogens (tertiary/aromatic N) is 1. The van der Waals surface area contributed by atoms with Gasteiger partial charge in [-0.05, 0) is 31.4 Å². The SMILES string of the molecule is COc1cccc(C2=NC3CCC(C(=O)O)CC3N2)c1. The molecule has 3 rings (SSSR count). The first-order valence-electron chi connectivity index (χ1n) is 6.89. The minimum Gasteiger partial charge on any atom is -0.497 e. The van der Waals surface area contributed by atoms with Gasteiger partial charge in [-0.25, -0.2) is 0 Å². The average molecular weight is 274 g/mol. The molecule has 2 aliphatic rings. The predicted octanol–water partition coefficient (Wildman–Crippen LogP) is 1.67. The fourth-order valence-corrected chi connectivity index (χ4v) is 3.00. The monoisotopic (exact) mass is 274 g/mol. The Morgan fingerprint density at radius 3 is 3.05 bits per heavy atom. The molecule has 0 bridgehead atoms. The summed E-state index contributed by atoms with van der Waals surface area (Å²) in [5.74, 6) is 0.707. The lowest BCUT2D eigenvalue weighted by atomic mass is 9.83. The van der Waals surface area contributed by atoms with E-state index in [1.165, 1.54) is 0 Å². The normalized spacial score (nSPS) is 28.2. The summed E-state index contributed by atoms with van der Waals surface area (Å²) in [6.45, 7) is 0. The number of rotatable bonds is 3. The molecule has 1 aliphatic carbocycles. The number of ether oxygens (including phenoxy) is 1. The third kappa shape index (κ3) is 2.35. The van der Waals surface area contributed by atoms with E-state index in [-0.39, 0.29) is 18.0 Å². The van der Waals surface area contributed by atoms with Crippen LogP contribution in [0.4, 0.5) is 0 Å². The predicted molar refractivity (Wildman–Crippen MR) is 75.2 cm³/mol. The van der Waals surface area contributed by atoms with E-state index in [1.807, 2.05) is 24.3 Å². The number of amidine groups is 1. The molecule has 1 aromatic rings. The Morgan fingerprint density at radius 1 is 1.45 bits per heavy atom. The standard InChI is InChI=1S/C15H18N2O3/c1-20-11-4-2-3-9(7-11)14-16-12-6-5-10(15(18)19)8-13(12)17-14/h2-4,7,10,12-13H,5-6,8H2,1H3,(H,16,17)(H,18,19). The number of carboxylic acids is 1. The maximum atomic E-state index is 11.1. The summed E-state index contributed by atoms with van der Waals surface area (Å²) in [6, 6.07) is 8.10. The third-order valence-electron chi connectivity index (χ3n) is 4.12. The highest BCUT2D eigenvalue weighted by atomic mass is 16.5. The van der Waals surface area contributed by atoms with E-state index in [4.69, 9.17) is 14.8 Å². The molecule has 1 aliphatic heterocycles. The largest absolute Gasteiger partial charge is 0.497 e. The van der Waals surface area contributed by atoms with Gasteiger partial charge in [0.05, 0.1) is 25.1 Å². The number of benzene rings is 1. The molecular formula is C15H18N2O3. The van der Waals surface area contributed by atoms with Crippen molar-refractivity contribution in [1.29, 1.82) is 0 Å². The molecule has 0 aromatic heterocycles. The van der Waals surface area contributed by atoms with E-state index in [0.29, 0.717) is 12.8 Å². The second-order valence-corrected chi connectivity index (χ2v) is 5.38. The molecular weight excluding hydrogens is 256 g/mol. The lowest BCUT2D eigenvalue weighted by Gasteiger charge is -2.28. The van der Waals surface area contributed by atoms with Crippen molar-refractivity contribution in [2.75, 3.05) is 7.11 Å². The molecule has 0 amide bonds. The molecule has 3 atom stereocenters. The van der Waals surface area contributed by atoms with Gasteiger partial charge in [0.1, 0.15) is 11.6 Å². The van der Waals surface area contributed by atoms with Crippen LogP contribution < -0.4 is 10.1 Å². The molecule has 2 N–H and O–H groups in total. The summed E-state index contributed by atoms with van der Waals surface area (Å²) >= 11 is 0. The van der Waals surface area contributed by atoms with Gasteiger partial charge in [-0.15, -0.1) is 0 Å². The number of fused-ring (bicyclic) bond motifs is 1. The number of carbonyl (C=O) groups is 1. The van der Waals surface area contributed by atoms with Gasteiger partial charge in [-0.3, -0.25) is 9.79 Å². The third-order valence-corrected chi connectivity index (χ3v) is 4.12. The van der Waals surface area contributed by atoms with Crippen molar-refractivity contribution in [3.63, 3.8) is 0 Å². The van der Waals surface area contributed by atoms with Gasteiger partial charge in [-0.2, -0.15) is 0 Å². The van der Waals surface area contributed by atoms with Gasteiger partial charge >= 0.3 is 5.97 Å². The van der Waals surface area contributed by atoms with Gasteiger partial charge in [0.25, 0.3) is 0 Å². The van der Waals surface area contributed by atoms with Crippen molar-refractivity contribution in [2.24, 2.45) is 10.9 Å². The topological polar surface area (TPSA) is 70.9 Å².